The van der Waals surface area contributed by atoms with E-state index in [0.717, 1.165) is 108 Å². The smallest absolute Gasteiger partial charge is 0.462 e. The molecule has 2 saturated carbocycles. The molecule has 0 aromatic heterocycles. The first-order valence-electron chi connectivity index (χ1n) is 15.5. The van der Waals surface area contributed by atoms with Gasteiger partial charge in [-0.2, -0.15) is 0 Å². The fourth-order valence-corrected chi connectivity index (χ4v) is 5.49. The zero-order valence-electron chi connectivity index (χ0n) is 24.6. The number of unbranched alkanes of at least 4 members (excludes halogenated alkanes) is 5. The maximum absolute atomic E-state index is 12.9. The topological polar surface area (TPSA) is 178 Å². The Bertz CT molecular complexity index is 910. The molecule has 13 heteroatoms. The molecule has 2 rings (SSSR count). The Morgan fingerprint density at radius 1 is 0.762 bits per heavy atom. The highest BCUT2D eigenvalue weighted by atomic mass is 31.2. The van der Waals surface area contributed by atoms with Gasteiger partial charge in [0.15, 0.2) is 0 Å². The second-order valence-corrected chi connectivity index (χ2v) is 12.4. The molecule has 0 aliphatic heterocycles. The van der Waals surface area contributed by atoms with Gasteiger partial charge in [0.05, 0.1) is 6.61 Å². The van der Waals surface area contributed by atoms with E-state index in [0.29, 0.717) is 13.0 Å². The zero-order chi connectivity index (χ0) is 30.6. The lowest BCUT2D eigenvalue weighted by Crippen LogP contribution is -2.43. The number of hydrogen-bond acceptors (Lipinski definition) is 8. The van der Waals surface area contributed by atoms with E-state index >= 15 is 0 Å². The van der Waals surface area contributed by atoms with Crippen molar-refractivity contribution in [3.63, 3.8) is 0 Å². The SMILES string of the molecule is O=C(/C=C/C(=O)N[C@H](CCC(=O)OC1CCCCC1)C(=O)OC1CCCCC1)NCCCCCCCCOP(=O)(O)O. The molecule has 1 atom stereocenters. The number of ether oxygens (including phenoxy) is 2. The highest BCUT2D eigenvalue weighted by molar-refractivity contribution is 7.46. The highest BCUT2D eigenvalue weighted by Gasteiger charge is 2.27. The summed E-state index contributed by atoms with van der Waals surface area (Å²) in [5.41, 5.74) is 0. The maximum Gasteiger partial charge on any atom is 0.469 e. The van der Waals surface area contributed by atoms with Crippen molar-refractivity contribution in [2.75, 3.05) is 13.2 Å². The fourth-order valence-electron chi connectivity index (χ4n) is 5.13. The van der Waals surface area contributed by atoms with Gasteiger partial charge in [-0.15, -0.1) is 0 Å². The number of nitrogens with one attached hydrogen (secondary N) is 2. The van der Waals surface area contributed by atoms with Gasteiger partial charge in [-0.25, -0.2) is 9.36 Å². The molecule has 12 nitrogen and oxygen atoms in total. The van der Waals surface area contributed by atoms with Crippen LogP contribution in [-0.4, -0.2) is 64.9 Å². The van der Waals surface area contributed by atoms with Crippen LogP contribution in [0.1, 0.15) is 116 Å². The molecule has 2 aliphatic rings. The van der Waals surface area contributed by atoms with Crippen molar-refractivity contribution in [2.24, 2.45) is 0 Å². The van der Waals surface area contributed by atoms with E-state index in [4.69, 9.17) is 19.3 Å². The van der Waals surface area contributed by atoms with E-state index in [2.05, 4.69) is 15.2 Å². The Hall–Kier alpha value is -2.27. The van der Waals surface area contributed by atoms with E-state index in [1.54, 1.807) is 0 Å². The average molecular weight is 617 g/mol. The molecule has 42 heavy (non-hydrogen) atoms. The molecule has 4 N–H and O–H groups in total. The summed E-state index contributed by atoms with van der Waals surface area (Å²) >= 11 is 0. The van der Waals surface area contributed by atoms with Gasteiger partial charge in [0, 0.05) is 25.1 Å². The first kappa shape index (κ1) is 35.9. The van der Waals surface area contributed by atoms with Gasteiger partial charge >= 0.3 is 19.8 Å². The largest absolute Gasteiger partial charge is 0.469 e. The van der Waals surface area contributed by atoms with Crippen molar-refractivity contribution >= 4 is 31.6 Å². The minimum atomic E-state index is -4.40. The minimum absolute atomic E-state index is 0.0212. The van der Waals surface area contributed by atoms with E-state index < -0.39 is 37.6 Å². The van der Waals surface area contributed by atoms with Crippen LogP contribution in [0.3, 0.4) is 0 Å². The fraction of sp³-hybridized carbons (Fsp3) is 0.793. The normalized spacial score (nSPS) is 17.5. The number of rotatable bonds is 19. The lowest BCUT2D eigenvalue weighted by atomic mass is 9.97. The van der Waals surface area contributed by atoms with Crippen molar-refractivity contribution in [3.05, 3.63) is 12.2 Å². The molecule has 0 aromatic rings. The number of phosphoric ester groups is 1. The number of carbonyl (C=O) groups is 4. The van der Waals surface area contributed by atoms with Crippen molar-refractivity contribution in [2.45, 2.75) is 134 Å². The average Bonchev–Trinajstić information content (AvgIpc) is 2.95. The summed E-state index contributed by atoms with van der Waals surface area (Å²) in [7, 11) is -4.40. The number of carbonyl (C=O) groups excluding carboxylic acids is 4. The number of hydrogen-bond donors (Lipinski definition) is 4. The predicted octanol–water partition coefficient (Wildman–Crippen LogP) is 4.13. The Morgan fingerprint density at radius 2 is 1.31 bits per heavy atom. The summed E-state index contributed by atoms with van der Waals surface area (Å²) in [5, 5.41) is 5.30. The standard InChI is InChI=1S/C29H49N2O10P/c32-26(30-21-11-3-1-2-4-12-22-39-42(36,37)38)18-19-27(33)31-25(29(35)41-24-15-9-6-10-16-24)17-20-28(34)40-23-13-7-5-8-14-23/h18-19,23-25H,1-17,20-22H2,(H,30,32)(H,31,33)(H2,36,37,38)/b19-18+/t25-/m1/s1. The lowest BCUT2D eigenvalue weighted by Gasteiger charge is -2.25. The Balaban J connectivity index is 1.69. The van der Waals surface area contributed by atoms with Gasteiger partial charge in [0.2, 0.25) is 11.8 Å². The molecule has 0 spiro atoms. The summed E-state index contributed by atoms with van der Waals surface area (Å²) < 4.78 is 26.2. The zero-order valence-corrected chi connectivity index (χ0v) is 25.5. The predicted molar refractivity (Wildman–Crippen MR) is 155 cm³/mol. The second-order valence-electron chi connectivity index (χ2n) is 11.1. The Morgan fingerprint density at radius 3 is 1.93 bits per heavy atom. The van der Waals surface area contributed by atoms with E-state index in [9.17, 15) is 23.7 Å². The monoisotopic (exact) mass is 616 g/mol. The van der Waals surface area contributed by atoms with Gasteiger partial charge < -0.3 is 29.9 Å². The lowest BCUT2D eigenvalue weighted by molar-refractivity contribution is -0.155. The van der Waals surface area contributed by atoms with Gasteiger partial charge in [-0.3, -0.25) is 18.9 Å². The third-order valence-corrected chi connectivity index (χ3v) is 7.96. The highest BCUT2D eigenvalue weighted by Crippen LogP contribution is 2.35. The Labute approximate surface area is 248 Å². The minimum Gasteiger partial charge on any atom is -0.462 e. The van der Waals surface area contributed by atoms with Gasteiger partial charge in [0.1, 0.15) is 18.2 Å². The van der Waals surface area contributed by atoms with Crippen LogP contribution in [0.15, 0.2) is 12.2 Å². The van der Waals surface area contributed by atoms with Crippen LogP contribution in [0.25, 0.3) is 0 Å². The third kappa shape index (κ3) is 17.6. The molecule has 2 aliphatic carbocycles. The number of esters is 2. The Kier molecular flexibility index (Phi) is 17.6. The molecule has 240 valence electrons. The number of phosphoric acid groups is 1. The van der Waals surface area contributed by atoms with Gasteiger partial charge in [0.25, 0.3) is 0 Å². The van der Waals surface area contributed by atoms with Crippen molar-refractivity contribution in [3.8, 4) is 0 Å². The molecule has 0 heterocycles. The third-order valence-electron chi connectivity index (χ3n) is 7.44. The van der Waals surface area contributed by atoms with Crippen molar-refractivity contribution in [1.82, 2.24) is 10.6 Å². The summed E-state index contributed by atoms with van der Waals surface area (Å²) in [6.45, 7) is 0.460. The molecule has 2 fully saturated rings. The first-order chi connectivity index (χ1) is 20.1. The summed E-state index contributed by atoms with van der Waals surface area (Å²) in [4.78, 5) is 67.2. The van der Waals surface area contributed by atoms with Crippen LogP contribution in [-0.2, 0) is 37.7 Å². The molecule has 0 aromatic carbocycles. The molecule has 2 amide bonds. The van der Waals surface area contributed by atoms with E-state index in [1.807, 2.05) is 0 Å². The van der Waals surface area contributed by atoms with Gasteiger partial charge in [-0.05, 0) is 70.6 Å². The maximum atomic E-state index is 12.9. The first-order valence-corrected chi connectivity index (χ1v) is 17.0. The van der Waals surface area contributed by atoms with Crippen LogP contribution in [0.5, 0.6) is 0 Å². The molecular weight excluding hydrogens is 567 g/mol. The van der Waals surface area contributed by atoms with Crippen LogP contribution >= 0.6 is 7.82 Å². The summed E-state index contributed by atoms with van der Waals surface area (Å²) in [6, 6.07) is -1.02. The van der Waals surface area contributed by atoms with Crippen LogP contribution in [0.4, 0.5) is 0 Å². The summed E-state index contributed by atoms with van der Waals surface area (Å²) in [6.07, 6.45) is 16.3. The van der Waals surface area contributed by atoms with Crippen molar-refractivity contribution < 1.29 is 47.5 Å². The molecule has 0 radical (unpaired) electrons. The van der Waals surface area contributed by atoms with Crippen LogP contribution in [0.2, 0.25) is 0 Å². The molecule has 0 bridgehead atoms. The van der Waals surface area contributed by atoms with Crippen LogP contribution < -0.4 is 10.6 Å². The van der Waals surface area contributed by atoms with Crippen LogP contribution in [0, 0.1) is 0 Å². The van der Waals surface area contributed by atoms with Crippen molar-refractivity contribution in [1.29, 1.82) is 0 Å². The summed E-state index contributed by atoms with van der Waals surface area (Å²) in [5.74, 6) is -2.03. The second kappa shape index (κ2) is 20.6. The van der Waals surface area contributed by atoms with E-state index in [1.165, 1.54) is 0 Å². The van der Waals surface area contributed by atoms with E-state index in [-0.39, 0.29) is 31.7 Å². The van der Waals surface area contributed by atoms with Gasteiger partial charge in [-0.1, -0.05) is 38.5 Å². The molecule has 0 saturated heterocycles. The molecule has 0 unspecified atom stereocenters. The number of amides is 2. The molecular formula is C29H49N2O10P. The quantitative estimate of drug-likeness (QED) is 0.0714.